The van der Waals surface area contributed by atoms with Crippen LogP contribution in [0.15, 0.2) is 54.6 Å². The fourth-order valence-electron chi connectivity index (χ4n) is 3.75. The van der Waals surface area contributed by atoms with Crippen molar-refractivity contribution in [3.63, 3.8) is 0 Å². The summed E-state index contributed by atoms with van der Waals surface area (Å²) >= 11 is 0. The van der Waals surface area contributed by atoms with Gasteiger partial charge in [-0.2, -0.15) is 0 Å². The number of carbonyl (C=O) groups is 1. The molecule has 2 amide bonds. The van der Waals surface area contributed by atoms with Crippen LogP contribution < -0.4 is 5.32 Å². The summed E-state index contributed by atoms with van der Waals surface area (Å²) < 4.78 is 0. The van der Waals surface area contributed by atoms with Crippen molar-refractivity contribution in [1.29, 1.82) is 0 Å². The molecule has 1 fully saturated rings. The molecule has 5 nitrogen and oxygen atoms in total. The second-order valence-corrected chi connectivity index (χ2v) is 6.71. The fraction of sp³-hybridized carbons (Fsp3) is 0.435. The SMILES string of the molecule is CC.CO.O=C1Nc2ccccc2CN1C1CCN(Cc2ccccc2)CC1. The molecule has 0 radical (unpaired) electrons. The van der Waals surface area contributed by atoms with Gasteiger partial charge >= 0.3 is 6.03 Å². The Kier molecular flexibility index (Phi) is 8.98. The van der Waals surface area contributed by atoms with Crippen molar-refractivity contribution < 1.29 is 9.90 Å². The zero-order valence-electron chi connectivity index (χ0n) is 17.3. The number of piperidine rings is 1. The average molecular weight is 384 g/mol. The molecule has 5 heteroatoms. The Balaban J connectivity index is 0.000000660. The molecule has 2 aromatic carbocycles. The number of nitrogens with zero attached hydrogens (tertiary/aromatic N) is 2. The quantitative estimate of drug-likeness (QED) is 0.829. The third-order valence-electron chi connectivity index (χ3n) is 5.11. The number of anilines is 1. The number of para-hydroxylation sites is 1. The molecule has 2 aromatic rings. The Morgan fingerprint density at radius 2 is 1.57 bits per heavy atom. The van der Waals surface area contributed by atoms with Gasteiger partial charge in [0.2, 0.25) is 0 Å². The molecule has 0 aliphatic carbocycles. The van der Waals surface area contributed by atoms with E-state index in [0.29, 0.717) is 6.04 Å². The lowest BCUT2D eigenvalue weighted by molar-refractivity contribution is 0.118. The van der Waals surface area contributed by atoms with Crippen LogP contribution in [-0.4, -0.2) is 47.2 Å². The van der Waals surface area contributed by atoms with Gasteiger partial charge in [0.05, 0.1) is 0 Å². The maximum Gasteiger partial charge on any atom is 0.322 e. The predicted molar refractivity (Wildman–Crippen MR) is 115 cm³/mol. The molecular formula is C23H33N3O2. The molecule has 0 aromatic heterocycles. The van der Waals surface area contributed by atoms with Gasteiger partial charge in [0.25, 0.3) is 0 Å². The maximum atomic E-state index is 12.4. The highest BCUT2D eigenvalue weighted by molar-refractivity contribution is 5.92. The summed E-state index contributed by atoms with van der Waals surface area (Å²) in [7, 11) is 1.00. The highest BCUT2D eigenvalue weighted by Crippen LogP contribution is 2.27. The van der Waals surface area contributed by atoms with E-state index >= 15 is 0 Å². The van der Waals surface area contributed by atoms with Crippen LogP contribution in [-0.2, 0) is 13.1 Å². The number of nitrogens with one attached hydrogen (secondary N) is 1. The number of hydrogen-bond acceptors (Lipinski definition) is 3. The van der Waals surface area contributed by atoms with Crippen LogP contribution in [0.2, 0.25) is 0 Å². The first-order chi connectivity index (χ1) is 13.8. The van der Waals surface area contributed by atoms with Crippen molar-refractivity contribution >= 4 is 11.7 Å². The van der Waals surface area contributed by atoms with Gasteiger partial charge in [-0.3, -0.25) is 4.90 Å². The molecule has 0 spiro atoms. The van der Waals surface area contributed by atoms with Gasteiger partial charge in [-0.15, -0.1) is 0 Å². The predicted octanol–water partition coefficient (Wildman–Crippen LogP) is 4.33. The largest absolute Gasteiger partial charge is 0.400 e. The van der Waals surface area contributed by atoms with Crippen molar-refractivity contribution in [2.75, 3.05) is 25.5 Å². The number of amides is 2. The zero-order valence-corrected chi connectivity index (χ0v) is 17.3. The first kappa shape index (κ1) is 21.9. The molecule has 2 N–H and O–H groups in total. The lowest BCUT2D eigenvalue weighted by atomic mass is 10.0. The Bertz CT molecular complexity index is 713. The standard InChI is InChI=1S/C20H23N3O.C2H6.CH4O/c24-20-21-19-9-5-4-8-17(19)15-23(20)18-10-12-22(13-11-18)14-16-6-2-1-3-7-16;2*1-2/h1-9,18H,10-15H2,(H,21,24);1-2H3;2H,1H3. The maximum absolute atomic E-state index is 12.4. The Labute approximate surface area is 169 Å². The lowest BCUT2D eigenvalue weighted by Crippen LogP contribution is -2.49. The normalized spacial score (nSPS) is 16.7. The van der Waals surface area contributed by atoms with Gasteiger partial charge in [-0.25, -0.2) is 4.79 Å². The molecule has 0 bridgehead atoms. The number of aliphatic hydroxyl groups is 1. The van der Waals surface area contributed by atoms with Crippen LogP contribution in [0.25, 0.3) is 0 Å². The van der Waals surface area contributed by atoms with E-state index in [1.807, 2.05) is 36.9 Å². The van der Waals surface area contributed by atoms with E-state index in [0.717, 1.165) is 51.8 Å². The second kappa shape index (κ2) is 11.5. The van der Waals surface area contributed by atoms with Gasteiger partial charge in [0.15, 0.2) is 0 Å². The zero-order chi connectivity index (χ0) is 20.4. The molecule has 152 valence electrons. The van der Waals surface area contributed by atoms with Gasteiger partial charge in [0.1, 0.15) is 0 Å². The third-order valence-corrected chi connectivity index (χ3v) is 5.11. The minimum atomic E-state index is 0.0511. The Hall–Kier alpha value is -2.37. The van der Waals surface area contributed by atoms with Crippen LogP contribution >= 0.6 is 0 Å². The van der Waals surface area contributed by atoms with Crippen molar-refractivity contribution in [3.8, 4) is 0 Å². The van der Waals surface area contributed by atoms with Crippen LogP contribution in [0.5, 0.6) is 0 Å². The summed E-state index contributed by atoms with van der Waals surface area (Å²) in [6, 6.07) is 19.1. The first-order valence-corrected chi connectivity index (χ1v) is 10.2. The number of rotatable bonds is 3. The van der Waals surface area contributed by atoms with Gasteiger partial charge in [-0.1, -0.05) is 62.4 Å². The summed E-state index contributed by atoms with van der Waals surface area (Å²) in [4.78, 5) is 16.9. The third kappa shape index (κ3) is 5.57. The first-order valence-electron chi connectivity index (χ1n) is 10.2. The number of aliphatic hydroxyl groups excluding tert-OH is 1. The van der Waals surface area contributed by atoms with E-state index < -0.39 is 0 Å². The number of fused-ring (bicyclic) bond motifs is 1. The molecule has 0 unspecified atom stereocenters. The van der Waals surface area contributed by atoms with E-state index in [1.54, 1.807) is 0 Å². The van der Waals surface area contributed by atoms with Gasteiger partial charge in [0, 0.05) is 45.0 Å². The number of benzene rings is 2. The molecular weight excluding hydrogens is 350 g/mol. The van der Waals surface area contributed by atoms with E-state index in [9.17, 15) is 4.79 Å². The van der Waals surface area contributed by atoms with Gasteiger partial charge in [-0.05, 0) is 30.0 Å². The molecule has 0 atom stereocenters. The van der Waals surface area contributed by atoms with Crippen LogP contribution in [0.1, 0.15) is 37.8 Å². The van der Waals surface area contributed by atoms with Crippen LogP contribution in [0, 0.1) is 0 Å². The summed E-state index contributed by atoms with van der Waals surface area (Å²) in [5, 5.41) is 10.0. The molecule has 4 rings (SSSR count). The number of urea groups is 1. The summed E-state index contributed by atoms with van der Waals surface area (Å²) in [5.74, 6) is 0. The van der Waals surface area contributed by atoms with E-state index in [1.165, 1.54) is 11.1 Å². The highest BCUT2D eigenvalue weighted by Gasteiger charge is 2.31. The fourth-order valence-corrected chi connectivity index (χ4v) is 3.75. The van der Waals surface area contributed by atoms with Crippen molar-refractivity contribution in [2.24, 2.45) is 0 Å². The van der Waals surface area contributed by atoms with E-state index in [2.05, 4.69) is 46.6 Å². The molecule has 1 saturated heterocycles. The van der Waals surface area contributed by atoms with Gasteiger partial charge < -0.3 is 15.3 Å². The average Bonchev–Trinajstić information content (AvgIpc) is 2.77. The summed E-state index contributed by atoms with van der Waals surface area (Å²) in [6.45, 7) is 7.82. The topological polar surface area (TPSA) is 55.8 Å². The Morgan fingerprint density at radius 3 is 2.25 bits per heavy atom. The Morgan fingerprint density at radius 1 is 0.964 bits per heavy atom. The van der Waals surface area contributed by atoms with E-state index in [-0.39, 0.29) is 6.03 Å². The van der Waals surface area contributed by atoms with Crippen molar-refractivity contribution in [3.05, 3.63) is 65.7 Å². The molecule has 2 aliphatic heterocycles. The smallest absolute Gasteiger partial charge is 0.322 e. The molecule has 2 heterocycles. The summed E-state index contributed by atoms with van der Waals surface area (Å²) in [6.07, 6.45) is 2.09. The lowest BCUT2D eigenvalue weighted by Gasteiger charge is -2.40. The minimum absolute atomic E-state index is 0.0511. The number of likely N-dealkylation sites (tertiary alicyclic amines) is 1. The summed E-state index contributed by atoms with van der Waals surface area (Å²) in [5.41, 5.74) is 3.53. The molecule has 28 heavy (non-hydrogen) atoms. The monoisotopic (exact) mass is 383 g/mol. The number of hydrogen-bond donors (Lipinski definition) is 2. The van der Waals surface area contributed by atoms with Crippen LogP contribution in [0.4, 0.5) is 10.5 Å². The van der Waals surface area contributed by atoms with E-state index in [4.69, 9.17) is 5.11 Å². The molecule has 2 aliphatic rings. The highest BCUT2D eigenvalue weighted by atomic mass is 16.2. The van der Waals surface area contributed by atoms with Crippen molar-refractivity contribution in [1.82, 2.24) is 9.80 Å². The molecule has 0 saturated carbocycles. The number of carbonyl (C=O) groups excluding carboxylic acids is 1. The van der Waals surface area contributed by atoms with Crippen molar-refractivity contribution in [2.45, 2.75) is 45.8 Å². The van der Waals surface area contributed by atoms with Crippen LogP contribution in [0.3, 0.4) is 0 Å². The minimum Gasteiger partial charge on any atom is -0.400 e. The second-order valence-electron chi connectivity index (χ2n) is 6.71.